The van der Waals surface area contributed by atoms with Gasteiger partial charge in [0.25, 0.3) is 5.82 Å². The number of benzene rings is 1. The van der Waals surface area contributed by atoms with Crippen molar-refractivity contribution in [2.24, 2.45) is 0 Å². The lowest BCUT2D eigenvalue weighted by Gasteiger charge is -2.12. The van der Waals surface area contributed by atoms with Crippen LogP contribution >= 0.6 is 0 Å². The highest BCUT2D eigenvalue weighted by atomic mass is 16.3. The van der Waals surface area contributed by atoms with Crippen LogP contribution in [0.15, 0.2) is 61.1 Å². The summed E-state index contributed by atoms with van der Waals surface area (Å²) in [5.41, 5.74) is 2.35. The summed E-state index contributed by atoms with van der Waals surface area (Å²) >= 11 is 0. The summed E-state index contributed by atoms with van der Waals surface area (Å²) in [4.78, 5) is 15.7. The van der Waals surface area contributed by atoms with Gasteiger partial charge in [-0.15, -0.1) is 4.98 Å². The van der Waals surface area contributed by atoms with Crippen LogP contribution < -0.4 is 5.32 Å². The molecule has 0 spiro atoms. The number of aromatic nitrogens is 3. The second kappa shape index (κ2) is 7.31. The zero-order chi connectivity index (χ0) is 16.8. The molecule has 6 nitrogen and oxygen atoms in total. The minimum Gasteiger partial charge on any atom is -0.387 e. The quantitative estimate of drug-likeness (QED) is 0.707. The van der Waals surface area contributed by atoms with Gasteiger partial charge in [-0.05, 0) is 11.6 Å². The van der Waals surface area contributed by atoms with Crippen LogP contribution in [-0.4, -0.2) is 26.6 Å². The van der Waals surface area contributed by atoms with Crippen molar-refractivity contribution in [1.29, 1.82) is 0 Å². The second-order valence-electron chi connectivity index (χ2n) is 5.11. The molecule has 3 aromatic rings. The van der Waals surface area contributed by atoms with E-state index in [4.69, 9.17) is 6.57 Å². The van der Waals surface area contributed by atoms with Gasteiger partial charge in [-0.1, -0.05) is 43.0 Å². The number of pyridine rings is 1. The maximum atomic E-state index is 10.2. The Bertz CT molecular complexity index is 843. The summed E-state index contributed by atoms with van der Waals surface area (Å²) in [5.74, 6) is 0.960. The first-order valence-corrected chi connectivity index (χ1v) is 7.39. The van der Waals surface area contributed by atoms with E-state index in [1.54, 1.807) is 24.4 Å². The first-order chi connectivity index (χ1) is 11.8. The Morgan fingerprint density at radius 3 is 2.62 bits per heavy atom. The lowest BCUT2D eigenvalue weighted by Crippen LogP contribution is -2.13. The topological polar surface area (TPSA) is 75.3 Å². The normalized spacial score (nSPS) is 11.5. The summed E-state index contributed by atoms with van der Waals surface area (Å²) in [6, 6.07) is 14.7. The molecule has 118 valence electrons. The van der Waals surface area contributed by atoms with Crippen molar-refractivity contribution >= 4 is 11.6 Å². The van der Waals surface area contributed by atoms with Gasteiger partial charge >= 0.3 is 0 Å². The Kier molecular flexibility index (Phi) is 4.75. The lowest BCUT2D eigenvalue weighted by molar-refractivity contribution is 0.191. The number of nitrogens with one attached hydrogen (secondary N) is 1. The molecule has 3 rings (SSSR count). The Morgan fingerprint density at radius 1 is 1.08 bits per heavy atom. The molecule has 0 saturated heterocycles. The van der Waals surface area contributed by atoms with Gasteiger partial charge in [-0.2, -0.15) is 0 Å². The van der Waals surface area contributed by atoms with E-state index in [0.717, 1.165) is 11.1 Å². The van der Waals surface area contributed by atoms with Crippen molar-refractivity contribution in [2.75, 3.05) is 11.9 Å². The summed E-state index contributed by atoms with van der Waals surface area (Å²) in [6.07, 6.45) is 2.44. The molecule has 0 bridgehead atoms. The molecule has 0 radical (unpaired) electrons. The van der Waals surface area contributed by atoms with Crippen LogP contribution in [0.5, 0.6) is 0 Å². The summed E-state index contributed by atoms with van der Waals surface area (Å²) in [5, 5.41) is 13.3. The Morgan fingerprint density at radius 2 is 1.92 bits per heavy atom. The third kappa shape index (κ3) is 3.72. The Hall–Kier alpha value is -3.30. The molecule has 0 aliphatic rings. The van der Waals surface area contributed by atoms with E-state index in [1.165, 1.54) is 6.33 Å². The standard InChI is InChI=1S/C18H15N5O/c1-19-17-8-7-14(10-20-17)15-9-18(23-12-22-15)21-11-16(24)13-5-3-2-4-6-13/h2-10,12,16,24H,11H2,(H,21,22,23)/t16-/m0/s1. The maximum absolute atomic E-state index is 10.2. The number of hydrogen-bond donors (Lipinski definition) is 2. The number of anilines is 1. The van der Waals surface area contributed by atoms with Gasteiger partial charge in [0, 0.05) is 18.2 Å². The van der Waals surface area contributed by atoms with Crippen LogP contribution in [0.25, 0.3) is 16.1 Å². The molecule has 0 unspecified atom stereocenters. The second-order valence-corrected chi connectivity index (χ2v) is 5.11. The molecule has 2 heterocycles. The zero-order valence-corrected chi connectivity index (χ0v) is 12.8. The van der Waals surface area contributed by atoms with Gasteiger partial charge in [0.15, 0.2) is 0 Å². The van der Waals surface area contributed by atoms with E-state index in [0.29, 0.717) is 23.9 Å². The Labute approximate surface area is 139 Å². The minimum absolute atomic E-state index is 0.343. The first kappa shape index (κ1) is 15.6. The van der Waals surface area contributed by atoms with Crippen molar-refractivity contribution in [2.45, 2.75) is 6.10 Å². The average molecular weight is 317 g/mol. The summed E-state index contributed by atoms with van der Waals surface area (Å²) < 4.78 is 0. The van der Waals surface area contributed by atoms with Gasteiger partial charge in [0.1, 0.15) is 18.3 Å². The molecule has 24 heavy (non-hydrogen) atoms. The van der Waals surface area contributed by atoms with Gasteiger partial charge < -0.3 is 15.3 Å². The molecule has 1 aromatic carbocycles. The molecule has 0 amide bonds. The molecule has 2 aromatic heterocycles. The molecule has 0 aliphatic carbocycles. The van der Waals surface area contributed by atoms with Crippen molar-refractivity contribution in [3.8, 4) is 11.3 Å². The smallest absolute Gasteiger partial charge is 0.269 e. The number of rotatable bonds is 5. The van der Waals surface area contributed by atoms with Gasteiger partial charge in [-0.25, -0.2) is 9.97 Å². The van der Waals surface area contributed by atoms with Crippen molar-refractivity contribution in [3.63, 3.8) is 0 Å². The van der Waals surface area contributed by atoms with E-state index in [1.807, 2.05) is 30.3 Å². The number of nitrogens with zero attached hydrogens (tertiary/aromatic N) is 4. The maximum Gasteiger partial charge on any atom is 0.269 e. The molecule has 6 heteroatoms. The van der Waals surface area contributed by atoms with Crippen molar-refractivity contribution in [3.05, 3.63) is 78.0 Å². The number of hydrogen-bond acceptors (Lipinski definition) is 5. The van der Waals surface area contributed by atoms with Crippen LogP contribution in [0.4, 0.5) is 11.6 Å². The Balaban J connectivity index is 1.70. The van der Waals surface area contributed by atoms with Crippen molar-refractivity contribution in [1.82, 2.24) is 15.0 Å². The van der Waals surface area contributed by atoms with Crippen molar-refractivity contribution < 1.29 is 5.11 Å². The average Bonchev–Trinajstić information content (AvgIpc) is 2.67. The predicted molar refractivity (Wildman–Crippen MR) is 91.4 cm³/mol. The van der Waals surface area contributed by atoms with E-state index < -0.39 is 6.10 Å². The zero-order valence-electron chi connectivity index (χ0n) is 12.8. The fourth-order valence-corrected chi connectivity index (χ4v) is 2.21. The monoisotopic (exact) mass is 317 g/mol. The first-order valence-electron chi connectivity index (χ1n) is 7.39. The van der Waals surface area contributed by atoms with E-state index >= 15 is 0 Å². The third-order valence-electron chi connectivity index (χ3n) is 3.49. The number of aliphatic hydroxyl groups excluding tert-OH is 1. The molecule has 0 fully saturated rings. The van der Waals surface area contributed by atoms with Crippen LogP contribution in [0.1, 0.15) is 11.7 Å². The van der Waals surface area contributed by atoms with Crippen LogP contribution in [0.3, 0.4) is 0 Å². The molecule has 2 N–H and O–H groups in total. The SMILES string of the molecule is [C-]#[N+]c1ccc(-c2cc(NC[C@H](O)c3ccccc3)ncn2)cn1. The summed E-state index contributed by atoms with van der Waals surface area (Å²) in [6.45, 7) is 7.26. The fourth-order valence-electron chi connectivity index (χ4n) is 2.21. The van der Waals surface area contributed by atoms with Gasteiger partial charge in [-0.3, -0.25) is 0 Å². The molecular formula is C18H15N5O. The van der Waals surface area contributed by atoms with Gasteiger partial charge in [0.2, 0.25) is 0 Å². The molecular weight excluding hydrogens is 302 g/mol. The highest BCUT2D eigenvalue weighted by Gasteiger charge is 2.08. The molecule has 0 saturated carbocycles. The number of aliphatic hydroxyl groups is 1. The van der Waals surface area contributed by atoms with Crippen LogP contribution in [0, 0.1) is 6.57 Å². The van der Waals surface area contributed by atoms with Gasteiger partial charge in [0.05, 0.1) is 11.8 Å². The van der Waals surface area contributed by atoms with E-state index in [-0.39, 0.29) is 0 Å². The third-order valence-corrected chi connectivity index (χ3v) is 3.49. The minimum atomic E-state index is -0.621. The molecule has 1 atom stereocenters. The highest BCUT2D eigenvalue weighted by Crippen LogP contribution is 2.20. The van der Waals surface area contributed by atoms with E-state index in [2.05, 4.69) is 25.1 Å². The largest absolute Gasteiger partial charge is 0.387 e. The van der Waals surface area contributed by atoms with Crippen LogP contribution in [-0.2, 0) is 0 Å². The fraction of sp³-hybridized carbons (Fsp3) is 0.111. The molecule has 0 aliphatic heterocycles. The predicted octanol–water partition coefficient (Wildman–Crippen LogP) is 3.23. The van der Waals surface area contributed by atoms with E-state index in [9.17, 15) is 5.11 Å². The highest BCUT2D eigenvalue weighted by molar-refractivity contribution is 5.62. The summed E-state index contributed by atoms with van der Waals surface area (Å²) in [7, 11) is 0. The van der Waals surface area contributed by atoms with Crippen LogP contribution in [0.2, 0.25) is 0 Å². The lowest BCUT2D eigenvalue weighted by atomic mass is 10.1.